The third-order valence-electron chi connectivity index (χ3n) is 5.17. The average Bonchev–Trinajstić information content (AvgIpc) is 2.92. The van der Waals surface area contributed by atoms with Gasteiger partial charge in [-0.1, -0.05) is 50.1 Å². The predicted molar refractivity (Wildman–Crippen MR) is 78.2 cm³/mol. The van der Waals surface area contributed by atoms with Crippen molar-refractivity contribution in [1.82, 2.24) is 15.5 Å². The average molecular weight is 277 g/mol. The van der Waals surface area contributed by atoms with Gasteiger partial charge in [0, 0.05) is 13.0 Å². The van der Waals surface area contributed by atoms with Crippen molar-refractivity contribution in [2.24, 2.45) is 11.8 Å². The molecule has 20 heavy (non-hydrogen) atoms. The summed E-state index contributed by atoms with van der Waals surface area (Å²) in [6.45, 7) is 2.60. The number of nitrogens with zero attached hydrogens (tertiary/aromatic N) is 2. The Kier molecular flexibility index (Phi) is 4.71. The highest BCUT2D eigenvalue weighted by molar-refractivity contribution is 4.90. The third kappa shape index (κ3) is 3.40. The monoisotopic (exact) mass is 277 g/mol. The number of hydrogen-bond donors (Lipinski definition) is 1. The van der Waals surface area contributed by atoms with Crippen LogP contribution in [0.1, 0.15) is 69.5 Å². The molecule has 2 unspecified atom stereocenters. The molecule has 4 heteroatoms. The molecule has 112 valence electrons. The maximum absolute atomic E-state index is 5.05. The Hall–Kier alpha value is -0.900. The Morgan fingerprint density at radius 1 is 1.05 bits per heavy atom. The minimum Gasteiger partial charge on any atom is -0.340 e. The van der Waals surface area contributed by atoms with Gasteiger partial charge in [0.05, 0.1) is 6.54 Å². The molecule has 0 amide bonds. The van der Waals surface area contributed by atoms with Gasteiger partial charge in [0.15, 0.2) is 5.82 Å². The van der Waals surface area contributed by atoms with E-state index in [9.17, 15) is 0 Å². The van der Waals surface area contributed by atoms with E-state index in [4.69, 9.17) is 4.52 Å². The highest BCUT2D eigenvalue weighted by atomic mass is 16.5. The molecule has 3 rings (SSSR count). The van der Waals surface area contributed by atoms with E-state index >= 15 is 0 Å². The first-order chi connectivity index (χ1) is 9.83. The van der Waals surface area contributed by atoms with Gasteiger partial charge in [-0.3, -0.25) is 0 Å². The van der Waals surface area contributed by atoms with Gasteiger partial charge in [-0.05, 0) is 24.7 Å². The van der Waals surface area contributed by atoms with E-state index < -0.39 is 0 Å². The highest BCUT2D eigenvalue weighted by Crippen LogP contribution is 2.38. The molecule has 0 saturated heterocycles. The van der Waals surface area contributed by atoms with Crippen molar-refractivity contribution < 1.29 is 4.52 Å². The van der Waals surface area contributed by atoms with E-state index in [2.05, 4.69) is 15.5 Å². The van der Waals surface area contributed by atoms with Crippen LogP contribution in [0.2, 0.25) is 0 Å². The van der Waals surface area contributed by atoms with E-state index in [1.54, 1.807) is 0 Å². The zero-order valence-electron chi connectivity index (χ0n) is 12.6. The van der Waals surface area contributed by atoms with Gasteiger partial charge in [-0.25, -0.2) is 0 Å². The van der Waals surface area contributed by atoms with Crippen LogP contribution >= 0.6 is 0 Å². The van der Waals surface area contributed by atoms with Crippen molar-refractivity contribution in [3.63, 3.8) is 0 Å². The summed E-state index contributed by atoms with van der Waals surface area (Å²) < 4.78 is 5.05. The topological polar surface area (TPSA) is 51.0 Å². The van der Waals surface area contributed by atoms with Crippen LogP contribution in [0.25, 0.3) is 0 Å². The lowest BCUT2D eigenvalue weighted by Gasteiger charge is -2.39. The normalized spacial score (nSPS) is 28.6. The maximum atomic E-state index is 5.05. The second-order valence-corrected chi connectivity index (χ2v) is 6.56. The first-order valence-electron chi connectivity index (χ1n) is 8.35. The fraction of sp³-hybridized carbons (Fsp3) is 0.875. The fourth-order valence-corrected chi connectivity index (χ4v) is 4.18. The van der Waals surface area contributed by atoms with Crippen LogP contribution in [0.4, 0.5) is 0 Å². The molecule has 0 bridgehead atoms. The van der Waals surface area contributed by atoms with Crippen molar-refractivity contribution in [3.8, 4) is 0 Å². The largest absolute Gasteiger partial charge is 0.340 e. The van der Waals surface area contributed by atoms with Gasteiger partial charge in [-0.2, -0.15) is 4.98 Å². The highest BCUT2D eigenvalue weighted by Gasteiger charge is 2.32. The summed E-state index contributed by atoms with van der Waals surface area (Å²) in [7, 11) is 0. The van der Waals surface area contributed by atoms with Gasteiger partial charge in [0.2, 0.25) is 5.89 Å². The van der Waals surface area contributed by atoms with Crippen LogP contribution in [0.15, 0.2) is 4.52 Å². The summed E-state index contributed by atoms with van der Waals surface area (Å²) in [6.07, 6.45) is 12.7. The molecule has 1 aromatic heterocycles. The minimum atomic E-state index is 0.658. The Morgan fingerprint density at radius 2 is 1.80 bits per heavy atom. The number of rotatable bonds is 4. The minimum absolute atomic E-state index is 0.658. The van der Waals surface area contributed by atoms with Gasteiger partial charge in [0.25, 0.3) is 0 Å². The first-order valence-corrected chi connectivity index (χ1v) is 8.35. The van der Waals surface area contributed by atoms with Gasteiger partial charge in [0.1, 0.15) is 0 Å². The molecule has 1 heterocycles. The number of hydrogen-bond acceptors (Lipinski definition) is 4. The number of aryl methyl sites for hydroxylation is 1. The van der Waals surface area contributed by atoms with E-state index in [-0.39, 0.29) is 0 Å². The number of nitrogens with one attached hydrogen (secondary N) is 1. The predicted octanol–water partition coefficient (Wildman–Crippen LogP) is 3.61. The van der Waals surface area contributed by atoms with Gasteiger partial charge < -0.3 is 9.84 Å². The van der Waals surface area contributed by atoms with E-state index in [0.717, 1.165) is 24.2 Å². The molecule has 2 saturated carbocycles. The molecule has 0 spiro atoms. The zero-order valence-corrected chi connectivity index (χ0v) is 12.6. The first kappa shape index (κ1) is 14.1. The van der Waals surface area contributed by atoms with Crippen molar-refractivity contribution in [2.45, 2.75) is 77.3 Å². The molecular weight excluding hydrogens is 250 g/mol. The molecule has 2 aliphatic rings. The van der Waals surface area contributed by atoms with Gasteiger partial charge in [-0.15, -0.1) is 0 Å². The van der Waals surface area contributed by atoms with Crippen LogP contribution in [-0.2, 0) is 6.54 Å². The Bertz CT molecular complexity index is 412. The molecule has 2 aliphatic carbocycles. The zero-order chi connectivity index (χ0) is 13.8. The second kappa shape index (κ2) is 6.70. The lowest BCUT2D eigenvalue weighted by molar-refractivity contribution is 0.148. The van der Waals surface area contributed by atoms with Crippen molar-refractivity contribution in [3.05, 3.63) is 11.7 Å². The molecule has 0 aliphatic heterocycles. The molecular formula is C16H27N3O. The molecule has 0 radical (unpaired) electrons. The lowest BCUT2D eigenvalue weighted by Crippen LogP contribution is -2.42. The van der Waals surface area contributed by atoms with Crippen molar-refractivity contribution in [2.75, 3.05) is 0 Å². The van der Waals surface area contributed by atoms with Crippen molar-refractivity contribution in [1.29, 1.82) is 0 Å². The summed E-state index contributed by atoms with van der Waals surface area (Å²) in [6, 6.07) is 0.658. The van der Waals surface area contributed by atoms with Crippen LogP contribution in [0, 0.1) is 18.8 Å². The quantitative estimate of drug-likeness (QED) is 0.913. The molecule has 2 fully saturated rings. The Morgan fingerprint density at radius 3 is 2.55 bits per heavy atom. The van der Waals surface area contributed by atoms with Crippen LogP contribution < -0.4 is 5.32 Å². The molecule has 1 aromatic rings. The van der Waals surface area contributed by atoms with E-state index in [0.29, 0.717) is 11.9 Å². The van der Waals surface area contributed by atoms with Crippen LogP contribution in [0.3, 0.4) is 0 Å². The second-order valence-electron chi connectivity index (χ2n) is 6.56. The Balaban J connectivity index is 1.57. The molecule has 2 atom stereocenters. The molecule has 0 aromatic carbocycles. The molecule has 4 nitrogen and oxygen atoms in total. The Labute approximate surface area is 121 Å². The maximum Gasteiger partial charge on any atom is 0.223 e. The third-order valence-corrected chi connectivity index (χ3v) is 5.17. The summed E-state index contributed by atoms with van der Waals surface area (Å²) in [5.74, 6) is 3.29. The van der Waals surface area contributed by atoms with E-state index in [1.165, 1.54) is 57.8 Å². The van der Waals surface area contributed by atoms with Crippen molar-refractivity contribution >= 4 is 0 Å². The summed E-state index contributed by atoms with van der Waals surface area (Å²) in [5.41, 5.74) is 0. The lowest BCUT2D eigenvalue weighted by atomic mass is 9.71. The fourth-order valence-electron chi connectivity index (χ4n) is 4.18. The SMILES string of the molecule is Cc1nc(CNC2CCCCC2C2CCCCC2)no1. The summed E-state index contributed by atoms with van der Waals surface area (Å²) in [5, 5.41) is 7.70. The molecule has 1 N–H and O–H groups in total. The van der Waals surface area contributed by atoms with Crippen LogP contribution in [-0.4, -0.2) is 16.2 Å². The summed E-state index contributed by atoms with van der Waals surface area (Å²) >= 11 is 0. The smallest absolute Gasteiger partial charge is 0.223 e. The number of aromatic nitrogens is 2. The standard InChI is InChI=1S/C16H27N3O/c1-12-18-16(19-20-12)11-17-15-10-6-5-9-14(15)13-7-3-2-4-8-13/h13-15,17H,2-11H2,1H3. The summed E-state index contributed by atoms with van der Waals surface area (Å²) in [4.78, 5) is 4.29. The van der Waals surface area contributed by atoms with Crippen LogP contribution in [0.5, 0.6) is 0 Å². The van der Waals surface area contributed by atoms with E-state index in [1.807, 2.05) is 6.92 Å². The van der Waals surface area contributed by atoms with Gasteiger partial charge >= 0.3 is 0 Å².